The topological polar surface area (TPSA) is 55.6 Å². The minimum absolute atomic E-state index is 0.647. The Morgan fingerprint density at radius 3 is 2.75 bits per heavy atom. The van der Waals surface area contributed by atoms with Crippen LogP contribution in [0.4, 0.5) is 5.95 Å². The summed E-state index contributed by atoms with van der Waals surface area (Å²) in [6.45, 7) is 2.81. The van der Waals surface area contributed by atoms with E-state index in [0.29, 0.717) is 12.5 Å². The van der Waals surface area contributed by atoms with Crippen molar-refractivity contribution < 1.29 is 0 Å². The number of nitrogens with one attached hydrogen (secondary N) is 1. The highest BCUT2D eigenvalue weighted by molar-refractivity contribution is 5.27. The first-order valence-electron chi connectivity index (χ1n) is 5.32. The second-order valence-corrected chi connectivity index (χ2v) is 3.55. The monoisotopic (exact) mass is 217 g/mol. The molecule has 1 N–H and O–H groups in total. The Bertz CT molecular complexity index is 449. The molecule has 0 radical (unpaired) electrons. The van der Waals surface area contributed by atoms with E-state index in [1.165, 1.54) is 5.56 Å². The normalized spacial score (nSPS) is 10.4. The number of rotatable bonds is 4. The first kappa shape index (κ1) is 10.6. The van der Waals surface area contributed by atoms with Crippen LogP contribution in [0.3, 0.4) is 0 Å². The third-order valence-corrected chi connectivity index (χ3v) is 2.33. The first-order chi connectivity index (χ1) is 7.79. The Labute approximate surface area is 94.5 Å². The van der Waals surface area contributed by atoms with Gasteiger partial charge >= 0.3 is 0 Å². The second kappa shape index (κ2) is 4.74. The summed E-state index contributed by atoms with van der Waals surface area (Å²) in [5.41, 5.74) is 2.31. The fraction of sp³-hybridized carbons (Fsp3) is 0.364. The van der Waals surface area contributed by atoms with Crippen molar-refractivity contribution in [3.05, 3.63) is 35.9 Å². The average Bonchev–Trinajstić information content (AvgIpc) is 2.68. The van der Waals surface area contributed by atoms with Gasteiger partial charge in [-0.1, -0.05) is 6.92 Å². The summed E-state index contributed by atoms with van der Waals surface area (Å²) in [5.74, 6) is 0.647. The predicted molar refractivity (Wildman–Crippen MR) is 61.9 cm³/mol. The van der Waals surface area contributed by atoms with Crippen molar-refractivity contribution in [1.29, 1.82) is 0 Å². The van der Waals surface area contributed by atoms with E-state index in [0.717, 1.165) is 12.1 Å². The van der Waals surface area contributed by atoms with Crippen LogP contribution < -0.4 is 5.32 Å². The smallest absolute Gasteiger partial charge is 0.222 e. The molecule has 84 valence electrons. The molecule has 0 aromatic carbocycles. The van der Waals surface area contributed by atoms with Crippen LogP contribution in [-0.2, 0) is 20.0 Å². The lowest BCUT2D eigenvalue weighted by atomic mass is 10.2. The largest absolute Gasteiger partial charge is 0.350 e. The highest BCUT2D eigenvalue weighted by Gasteiger charge is 2.05. The van der Waals surface area contributed by atoms with E-state index < -0.39 is 0 Å². The van der Waals surface area contributed by atoms with Crippen molar-refractivity contribution in [2.45, 2.75) is 19.9 Å². The number of hydrogen-bond acceptors (Lipinski definition) is 4. The molecule has 0 aliphatic carbocycles. The molecule has 0 saturated carbocycles. The van der Waals surface area contributed by atoms with Crippen molar-refractivity contribution in [1.82, 2.24) is 19.7 Å². The summed E-state index contributed by atoms with van der Waals surface area (Å²) < 4.78 is 1.84. The van der Waals surface area contributed by atoms with Gasteiger partial charge in [0.1, 0.15) is 0 Å². The first-order valence-corrected chi connectivity index (χ1v) is 5.32. The third-order valence-electron chi connectivity index (χ3n) is 2.33. The zero-order valence-corrected chi connectivity index (χ0v) is 9.51. The minimum Gasteiger partial charge on any atom is -0.350 e. The Kier molecular flexibility index (Phi) is 3.14. The fourth-order valence-electron chi connectivity index (χ4n) is 1.59. The maximum Gasteiger partial charge on any atom is 0.222 e. The quantitative estimate of drug-likeness (QED) is 0.840. The summed E-state index contributed by atoms with van der Waals surface area (Å²) in [5, 5.41) is 7.55. The minimum atomic E-state index is 0.647. The molecular formula is C11H15N5. The van der Waals surface area contributed by atoms with Gasteiger partial charge in [-0.05, 0) is 12.5 Å². The van der Waals surface area contributed by atoms with E-state index in [-0.39, 0.29) is 0 Å². The number of anilines is 1. The van der Waals surface area contributed by atoms with Gasteiger partial charge in [0.05, 0.1) is 5.69 Å². The summed E-state index contributed by atoms with van der Waals surface area (Å²) in [4.78, 5) is 8.21. The van der Waals surface area contributed by atoms with Gasteiger partial charge < -0.3 is 5.32 Å². The molecular weight excluding hydrogens is 202 g/mol. The molecule has 2 heterocycles. The standard InChI is InChI=1S/C11H15N5/c1-3-10-9(8-16(2)15-10)7-14-11-12-5-4-6-13-11/h4-6,8H,3,7H2,1-2H3,(H,12,13,14). The zero-order valence-electron chi connectivity index (χ0n) is 9.51. The summed E-state index contributed by atoms with van der Waals surface area (Å²) in [7, 11) is 1.93. The molecule has 0 amide bonds. The van der Waals surface area contributed by atoms with Crippen LogP contribution in [0, 0.1) is 0 Å². The molecule has 16 heavy (non-hydrogen) atoms. The van der Waals surface area contributed by atoms with Crippen LogP contribution in [0.5, 0.6) is 0 Å². The molecule has 0 spiro atoms. The number of aromatic nitrogens is 4. The molecule has 0 aliphatic rings. The molecule has 5 nitrogen and oxygen atoms in total. The summed E-state index contributed by atoms with van der Waals surface area (Å²) in [6.07, 6.45) is 6.40. The van der Waals surface area contributed by atoms with Crippen LogP contribution in [0.25, 0.3) is 0 Å². The van der Waals surface area contributed by atoms with Crippen LogP contribution in [0.1, 0.15) is 18.2 Å². The molecule has 0 fully saturated rings. The Morgan fingerprint density at radius 1 is 1.31 bits per heavy atom. The highest BCUT2D eigenvalue weighted by atomic mass is 15.3. The lowest BCUT2D eigenvalue weighted by Crippen LogP contribution is -2.03. The van der Waals surface area contributed by atoms with E-state index in [1.54, 1.807) is 18.5 Å². The molecule has 2 rings (SSSR count). The van der Waals surface area contributed by atoms with Gasteiger partial charge in [-0.2, -0.15) is 5.10 Å². The molecule has 2 aromatic rings. The number of hydrogen-bond donors (Lipinski definition) is 1. The molecule has 0 unspecified atom stereocenters. The van der Waals surface area contributed by atoms with Crippen LogP contribution in [-0.4, -0.2) is 19.7 Å². The molecule has 0 aliphatic heterocycles. The van der Waals surface area contributed by atoms with Gasteiger partial charge in [0, 0.05) is 37.7 Å². The number of aryl methyl sites for hydroxylation is 2. The third kappa shape index (κ3) is 2.36. The summed E-state index contributed by atoms with van der Waals surface area (Å²) >= 11 is 0. The summed E-state index contributed by atoms with van der Waals surface area (Å²) in [6, 6.07) is 1.80. The van der Waals surface area contributed by atoms with Crippen LogP contribution >= 0.6 is 0 Å². The second-order valence-electron chi connectivity index (χ2n) is 3.55. The van der Waals surface area contributed by atoms with Gasteiger partial charge in [-0.25, -0.2) is 9.97 Å². The average molecular weight is 217 g/mol. The van der Waals surface area contributed by atoms with Gasteiger partial charge in [-0.15, -0.1) is 0 Å². The van der Waals surface area contributed by atoms with Crippen molar-refractivity contribution in [3.63, 3.8) is 0 Å². The highest BCUT2D eigenvalue weighted by Crippen LogP contribution is 2.08. The Hall–Kier alpha value is -1.91. The SMILES string of the molecule is CCc1nn(C)cc1CNc1ncccn1. The molecule has 0 saturated heterocycles. The lowest BCUT2D eigenvalue weighted by molar-refractivity contribution is 0.746. The predicted octanol–water partition coefficient (Wildman–Crippen LogP) is 1.38. The maximum atomic E-state index is 4.38. The van der Waals surface area contributed by atoms with E-state index in [9.17, 15) is 0 Å². The van der Waals surface area contributed by atoms with Crippen molar-refractivity contribution in [3.8, 4) is 0 Å². The van der Waals surface area contributed by atoms with Crippen molar-refractivity contribution in [2.75, 3.05) is 5.32 Å². The fourth-order valence-corrected chi connectivity index (χ4v) is 1.59. The van der Waals surface area contributed by atoms with E-state index in [1.807, 2.05) is 17.9 Å². The molecule has 5 heteroatoms. The van der Waals surface area contributed by atoms with Gasteiger partial charge in [0.15, 0.2) is 0 Å². The molecule has 2 aromatic heterocycles. The van der Waals surface area contributed by atoms with Crippen LogP contribution in [0.2, 0.25) is 0 Å². The maximum absolute atomic E-state index is 4.38. The van der Waals surface area contributed by atoms with E-state index in [2.05, 4.69) is 27.3 Å². The number of nitrogens with zero attached hydrogens (tertiary/aromatic N) is 4. The van der Waals surface area contributed by atoms with E-state index in [4.69, 9.17) is 0 Å². The lowest BCUT2D eigenvalue weighted by Gasteiger charge is -2.02. The van der Waals surface area contributed by atoms with Gasteiger partial charge in [-0.3, -0.25) is 4.68 Å². The van der Waals surface area contributed by atoms with Gasteiger partial charge in [0.2, 0.25) is 5.95 Å². The van der Waals surface area contributed by atoms with Gasteiger partial charge in [0.25, 0.3) is 0 Å². The van der Waals surface area contributed by atoms with E-state index >= 15 is 0 Å². The van der Waals surface area contributed by atoms with Crippen molar-refractivity contribution >= 4 is 5.95 Å². The molecule has 0 atom stereocenters. The molecule has 0 bridgehead atoms. The van der Waals surface area contributed by atoms with Crippen LogP contribution in [0.15, 0.2) is 24.7 Å². The Balaban J connectivity index is 2.04. The van der Waals surface area contributed by atoms with Crippen molar-refractivity contribution in [2.24, 2.45) is 7.05 Å². The Morgan fingerprint density at radius 2 is 2.06 bits per heavy atom. The zero-order chi connectivity index (χ0) is 11.4.